The van der Waals surface area contributed by atoms with Crippen molar-refractivity contribution in [2.24, 2.45) is 5.92 Å². The van der Waals surface area contributed by atoms with Gasteiger partial charge in [0.15, 0.2) is 6.10 Å². The van der Waals surface area contributed by atoms with Crippen molar-refractivity contribution in [3.05, 3.63) is 0 Å². The van der Waals surface area contributed by atoms with Crippen molar-refractivity contribution in [3.63, 3.8) is 0 Å². The summed E-state index contributed by atoms with van der Waals surface area (Å²) < 4.78 is 6.00. The van der Waals surface area contributed by atoms with Crippen LogP contribution in [0.4, 0.5) is 0 Å². The van der Waals surface area contributed by atoms with Crippen molar-refractivity contribution in [1.29, 1.82) is 0 Å². The number of quaternary nitrogens is 1. The van der Waals surface area contributed by atoms with Gasteiger partial charge in [0.05, 0.1) is 27.6 Å². The Morgan fingerprint density at radius 1 is 0.893 bits per heavy atom. The molecule has 0 heterocycles. The Bertz CT molecular complexity index is 417. The van der Waals surface area contributed by atoms with Crippen LogP contribution in [-0.4, -0.2) is 55.3 Å². The lowest BCUT2D eigenvalue weighted by Crippen LogP contribution is -2.43. The predicted molar refractivity (Wildman–Crippen MR) is 115 cm³/mol. The molecule has 0 saturated heterocycles. The molecule has 5 nitrogen and oxygen atoms in total. The summed E-state index contributed by atoms with van der Waals surface area (Å²) in [4.78, 5) is 23.1. The van der Waals surface area contributed by atoms with Crippen LogP contribution in [0.25, 0.3) is 0 Å². The van der Waals surface area contributed by atoms with Crippen LogP contribution in [0.5, 0.6) is 0 Å². The number of carbonyl (C=O) groups is 2. The van der Waals surface area contributed by atoms with Crippen LogP contribution in [0.2, 0.25) is 0 Å². The van der Waals surface area contributed by atoms with E-state index in [0.717, 1.165) is 19.3 Å². The summed E-state index contributed by atoms with van der Waals surface area (Å²) in [6.07, 6.45) is 13.4. The van der Waals surface area contributed by atoms with E-state index in [-0.39, 0.29) is 12.4 Å². The average Bonchev–Trinajstić information content (AvgIpc) is 2.55. The second-order valence-corrected chi connectivity index (χ2v) is 9.44. The Morgan fingerprint density at radius 3 is 1.96 bits per heavy atom. The first kappa shape index (κ1) is 26.9. The molecule has 0 amide bonds. The highest BCUT2D eigenvalue weighted by atomic mass is 16.5. The molecule has 0 aliphatic carbocycles. The summed E-state index contributed by atoms with van der Waals surface area (Å²) in [7, 11) is 5.90. The zero-order chi connectivity index (χ0) is 21.4. The molecule has 0 aliphatic rings. The molecule has 28 heavy (non-hydrogen) atoms. The molecule has 0 aromatic rings. The number of aliphatic carboxylic acids is 1. The van der Waals surface area contributed by atoms with E-state index in [1.54, 1.807) is 0 Å². The lowest BCUT2D eigenvalue weighted by Gasteiger charge is -2.28. The second kappa shape index (κ2) is 15.8. The Labute approximate surface area is 173 Å². The summed E-state index contributed by atoms with van der Waals surface area (Å²) in [5.74, 6) is -0.477. The summed E-state index contributed by atoms with van der Waals surface area (Å²) in [5.41, 5.74) is 0. The third kappa shape index (κ3) is 18.3. The smallest absolute Gasteiger partial charge is 0.307 e. The van der Waals surface area contributed by atoms with Gasteiger partial charge in [-0.15, -0.1) is 0 Å². The maximum Gasteiger partial charge on any atom is 0.307 e. The average molecular weight is 401 g/mol. The van der Waals surface area contributed by atoms with Gasteiger partial charge >= 0.3 is 11.9 Å². The van der Waals surface area contributed by atoms with Gasteiger partial charge in [0.2, 0.25) is 0 Å². The van der Waals surface area contributed by atoms with Crippen LogP contribution in [-0.2, 0) is 14.3 Å². The van der Waals surface area contributed by atoms with E-state index in [4.69, 9.17) is 9.84 Å². The summed E-state index contributed by atoms with van der Waals surface area (Å²) >= 11 is 0. The zero-order valence-corrected chi connectivity index (χ0v) is 19.2. The number of hydrogen-bond acceptors (Lipinski definition) is 3. The fourth-order valence-electron chi connectivity index (χ4n) is 3.55. The number of ether oxygens (including phenoxy) is 1. The SMILES string of the molecule is CCCCCCCCCC(C)CCCCC(=O)OC(CC(=O)O)C[N+](C)(C)C. The third-order valence-corrected chi connectivity index (χ3v) is 5.08. The van der Waals surface area contributed by atoms with Crippen LogP contribution in [0.1, 0.15) is 97.3 Å². The highest BCUT2D eigenvalue weighted by molar-refractivity contribution is 5.71. The van der Waals surface area contributed by atoms with Gasteiger partial charge in [-0.3, -0.25) is 9.59 Å². The summed E-state index contributed by atoms with van der Waals surface area (Å²) in [6, 6.07) is 0. The molecular weight excluding hydrogens is 354 g/mol. The zero-order valence-electron chi connectivity index (χ0n) is 19.2. The molecule has 0 saturated carbocycles. The van der Waals surface area contributed by atoms with Crippen molar-refractivity contribution in [3.8, 4) is 0 Å². The molecule has 0 rings (SSSR count). The Morgan fingerprint density at radius 2 is 1.43 bits per heavy atom. The molecule has 1 N–H and O–H groups in total. The number of rotatable bonds is 18. The topological polar surface area (TPSA) is 63.6 Å². The lowest BCUT2D eigenvalue weighted by molar-refractivity contribution is -0.873. The lowest BCUT2D eigenvalue weighted by atomic mass is 9.96. The van der Waals surface area contributed by atoms with E-state index in [2.05, 4.69) is 13.8 Å². The number of carboxylic acids is 1. The maximum atomic E-state index is 12.1. The quantitative estimate of drug-likeness (QED) is 0.190. The van der Waals surface area contributed by atoms with E-state index in [1.807, 2.05) is 21.1 Å². The highest BCUT2D eigenvalue weighted by Gasteiger charge is 2.24. The molecule has 0 radical (unpaired) electrons. The highest BCUT2D eigenvalue weighted by Crippen LogP contribution is 2.18. The van der Waals surface area contributed by atoms with E-state index in [0.29, 0.717) is 23.4 Å². The number of hydrogen-bond donors (Lipinski definition) is 1. The Balaban J connectivity index is 3.84. The minimum Gasteiger partial charge on any atom is -0.481 e. The Hall–Kier alpha value is -1.10. The number of carbonyl (C=O) groups excluding carboxylic acids is 1. The van der Waals surface area contributed by atoms with Gasteiger partial charge < -0.3 is 14.3 Å². The van der Waals surface area contributed by atoms with Crippen LogP contribution < -0.4 is 0 Å². The molecule has 0 bridgehead atoms. The van der Waals surface area contributed by atoms with Crippen molar-refractivity contribution in [2.75, 3.05) is 27.7 Å². The summed E-state index contributed by atoms with van der Waals surface area (Å²) in [5, 5.41) is 9.01. The van der Waals surface area contributed by atoms with Gasteiger partial charge in [0.1, 0.15) is 6.54 Å². The normalized spacial score (nSPS) is 13.9. The van der Waals surface area contributed by atoms with Crippen LogP contribution in [0.15, 0.2) is 0 Å². The molecule has 2 unspecified atom stereocenters. The van der Waals surface area contributed by atoms with Gasteiger partial charge in [-0.05, 0) is 12.3 Å². The van der Waals surface area contributed by atoms with Crippen molar-refractivity contribution in [1.82, 2.24) is 0 Å². The fourth-order valence-corrected chi connectivity index (χ4v) is 3.55. The van der Waals surface area contributed by atoms with Gasteiger partial charge in [0.25, 0.3) is 0 Å². The first-order valence-electron chi connectivity index (χ1n) is 11.4. The molecule has 5 heteroatoms. The maximum absolute atomic E-state index is 12.1. The first-order valence-corrected chi connectivity index (χ1v) is 11.4. The number of nitrogens with zero attached hydrogens (tertiary/aromatic N) is 1. The molecule has 0 aromatic heterocycles. The van der Waals surface area contributed by atoms with Crippen molar-refractivity contribution < 1.29 is 23.9 Å². The molecule has 0 aromatic carbocycles. The van der Waals surface area contributed by atoms with Crippen LogP contribution >= 0.6 is 0 Å². The first-order chi connectivity index (χ1) is 13.1. The van der Waals surface area contributed by atoms with E-state index in [1.165, 1.54) is 51.4 Å². The van der Waals surface area contributed by atoms with Gasteiger partial charge in [-0.25, -0.2) is 0 Å². The van der Waals surface area contributed by atoms with Gasteiger partial charge in [-0.1, -0.05) is 78.1 Å². The fraction of sp³-hybridized carbons (Fsp3) is 0.913. The molecule has 2 atom stereocenters. The van der Waals surface area contributed by atoms with Crippen LogP contribution in [0, 0.1) is 5.92 Å². The minimum absolute atomic E-state index is 0.128. The van der Waals surface area contributed by atoms with Crippen molar-refractivity contribution >= 4 is 11.9 Å². The van der Waals surface area contributed by atoms with Crippen LogP contribution in [0.3, 0.4) is 0 Å². The number of likely N-dealkylation sites (N-methyl/N-ethyl adjacent to an activating group) is 1. The van der Waals surface area contributed by atoms with E-state index < -0.39 is 12.1 Å². The monoisotopic (exact) mass is 400 g/mol. The molecule has 0 aliphatic heterocycles. The minimum atomic E-state index is -0.926. The largest absolute Gasteiger partial charge is 0.481 e. The number of unbranched alkanes of at least 4 members (excludes halogenated alkanes) is 7. The number of esters is 1. The number of carboxylic acid groups (broad SMARTS) is 1. The third-order valence-electron chi connectivity index (χ3n) is 5.08. The molecule has 0 spiro atoms. The van der Waals surface area contributed by atoms with E-state index >= 15 is 0 Å². The summed E-state index contributed by atoms with van der Waals surface area (Å²) in [6.45, 7) is 5.06. The molecule has 166 valence electrons. The predicted octanol–water partition coefficient (Wildman–Crippen LogP) is 5.42. The molecule has 0 fully saturated rings. The van der Waals surface area contributed by atoms with E-state index in [9.17, 15) is 9.59 Å². The van der Waals surface area contributed by atoms with Crippen molar-refractivity contribution in [2.45, 2.75) is 103 Å². The Kier molecular flexibility index (Phi) is 15.2. The van der Waals surface area contributed by atoms with Gasteiger partial charge in [-0.2, -0.15) is 0 Å². The second-order valence-electron chi connectivity index (χ2n) is 9.44. The molecular formula is C23H46NO4+. The standard InChI is InChI=1S/C23H45NO4/c1-6-7-8-9-10-11-12-15-20(2)16-13-14-17-23(27)28-21(18-22(25)26)19-24(3,4)5/h20-21H,6-19H2,1-5H3/p+1. The van der Waals surface area contributed by atoms with Gasteiger partial charge in [0, 0.05) is 6.42 Å².